The molecule has 9 heteroatoms. The van der Waals surface area contributed by atoms with Crippen molar-refractivity contribution >= 4 is 56.9 Å². The molecule has 0 saturated carbocycles. The Bertz CT molecular complexity index is 1320. The van der Waals surface area contributed by atoms with Crippen LogP contribution in [-0.2, 0) is 14.3 Å². The van der Waals surface area contributed by atoms with Gasteiger partial charge in [-0.05, 0) is 80.2 Å². The number of hydrogen-bond donors (Lipinski definition) is 0. The summed E-state index contributed by atoms with van der Waals surface area (Å²) in [6.45, 7) is 4.22. The third-order valence-corrected chi connectivity index (χ3v) is 6.70. The third kappa shape index (κ3) is 5.16. The predicted molar refractivity (Wildman–Crippen MR) is 141 cm³/mol. The summed E-state index contributed by atoms with van der Waals surface area (Å²) in [5.41, 5.74) is 2.76. The second kappa shape index (κ2) is 10.5. The average Bonchev–Trinajstić information content (AvgIpc) is 3.40. The zero-order chi connectivity index (χ0) is 25.1. The van der Waals surface area contributed by atoms with E-state index in [9.17, 15) is 9.59 Å². The van der Waals surface area contributed by atoms with E-state index in [2.05, 4.69) is 15.9 Å². The standard InChI is InChI=1S/C26H23BrN2O5S/c1-4-33-19-8-6-18(7-9-19)29-25(31)22(28(26(29)35)15-24(30)32-3)14-20-10-12-23(34-20)17-5-11-21(27)16(2)13-17/h5-14H,4,15H2,1-3H3/b22-14-. The van der Waals surface area contributed by atoms with Gasteiger partial charge in [-0.15, -0.1) is 0 Å². The van der Waals surface area contributed by atoms with Gasteiger partial charge in [0.05, 0.1) is 19.4 Å². The number of rotatable bonds is 7. The predicted octanol–water partition coefficient (Wildman–Crippen LogP) is 5.56. The number of methoxy groups -OCH3 is 1. The highest BCUT2D eigenvalue weighted by Crippen LogP contribution is 2.32. The molecular formula is C26H23BrN2O5S. The van der Waals surface area contributed by atoms with Gasteiger partial charge in [-0.25, -0.2) is 0 Å². The molecule has 0 radical (unpaired) electrons. The lowest BCUT2D eigenvalue weighted by molar-refractivity contribution is -0.140. The maximum atomic E-state index is 13.5. The molecule has 0 atom stereocenters. The number of anilines is 1. The molecule has 1 aromatic heterocycles. The highest BCUT2D eigenvalue weighted by atomic mass is 79.9. The molecule has 7 nitrogen and oxygen atoms in total. The van der Waals surface area contributed by atoms with Gasteiger partial charge in [-0.1, -0.05) is 22.0 Å². The molecule has 4 rings (SSSR count). The molecule has 0 N–H and O–H groups in total. The van der Waals surface area contributed by atoms with Crippen LogP contribution in [0.25, 0.3) is 17.4 Å². The number of ether oxygens (including phenoxy) is 2. The minimum Gasteiger partial charge on any atom is -0.494 e. The van der Waals surface area contributed by atoms with Crippen LogP contribution < -0.4 is 9.64 Å². The molecule has 35 heavy (non-hydrogen) atoms. The van der Waals surface area contributed by atoms with Gasteiger partial charge in [-0.2, -0.15) is 0 Å². The minimum atomic E-state index is -0.523. The molecular weight excluding hydrogens is 532 g/mol. The molecule has 0 spiro atoms. The van der Waals surface area contributed by atoms with Crippen LogP contribution >= 0.6 is 28.1 Å². The van der Waals surface area contributed by atoms with Gasteiger partial charge in [0.2, 0.25) is 0 Å². The number of nitrogens with zero attached hydrogens (tertiary/aromatic N) is 2. The average molecular weight is 555 g/mol. The van der Waals surface area contributed by atoms with Crippen molar-refractivity contribution in [1.82, 2.24) is 4.90 Å². The first-order valence-corrected chi connectivity index (χ1v) is 12.1. The number of carbonyl (C=O) groups is 2. The lowest BCUT2D eigenvalue weighted by Crippen LogP contribution is -2.35. The molecule has 2 heterocycles. The van der Waals surface area contributed by atoms with E-state index in [0.717, 1.165) is 15.6 Å². The van der Waals surface area contributed by atoms with E-state index in [-0.39, 0.29) is 23.3 Å². The molecule has 1 saturated heterocycles. The van der Waals surface area contributed by atoms with Crippen LogP contribution in [0.2, 0.25) is 0 Å². The van der Waals surface area contributed by atoms with Crippen molar-refractivity contribution in [2.24, 2.45) is 0 Å². The zero-order valence-electron chi connectivity index (χ0n) is 19.4. The molecule has 0 bridgehead atoms. The summed E-state index contributed by atoms with van der Waals surface area (Å²) in [5.74, 6) is 0.895. The first kappa shape index (κ1) is 24.7. The molecule has 3 aromatic rings. The maximum Gasteiger partial charge on any atom is 0.325 e. The Morgan fingerprint density at radius 1 is 1.14 bits per heavy atom. The van der Waals surface area contributed by atoms with Gasteiger partial charge >= 0.3 is 5.97 Å². The quantitative estimate of drug-likeness (QED) is 0.215. The summed E-state index contributed by atoms with van der Waals surface area (Å²) in [4.78, 5) is 28.4. The Morgan fingerprint density at radius 3 is 2.54 bits per heavy atom. The van der Waals surface area contributed by atoms with E-state index in [4.69, 9.17) is 26.1 Å². The number of carbonyl (C=O) groups excluding carboxylic acids is 2. The van der Waals surface area contributed by atoms with E-state index in [1.807, 2.05) is 38.1 Å². The third-order valence-electron chi connectivity index (χ3n) is 5.40. The summed E-state index contributed by atoms with van der Waals surface area (Å²) >= 11 is 9.09. The molecule has 0 unspecified atom stereocenters. The van der Waals surface area contributed by atoms with Gasteiger partial charge in [0, 0.05) is 16.1 Å². The van der Waals surface area contributed by atoms with E-state index in [1.165, 1.54) is 16.9 Å². The Morgan fingerprint density at radius 2 is 1.89 bits per heavy atom. The Balaban J connectivity index is 1.69. The first-order valence-electron chi connectivity index (χ1n) is 10.9. The maximum absolute atomic E-state index is 13.5. The number of esters is 1. The van der Waals surface area contributed by atoms with Crippen molar-refractivity contribution in [3.05, 3.63) is 76.1 Å². The van der Waals surface area contributed by atoms with Crippen LogP contribution in [0.3, 0.4) is 0 Å². The van der Waals surface area contributed by atoms with Gasteiger partial charge < -0.3 is 18.8 Å². The summed E-state index contributed by atoms with van der Waals surface area (Å²) in [5, 5.41) is 0.172. The molecule has 1 aliphatic rings. The fraction of sp³-hybridized carbons (Fsp3) is 0.192. The number of benzene rings is 2. The fourth-order valence-electron chi connectivity index (χ4n) is 3.63. The molecule has 1 aliphatic heterocycles. The fourth-order valence-corrected chi connectivity index (χ4v) is 4.23. The topological polar surface area (TPSA) is 72.2 Å². The largest absolute Gasteiger partial charge is 0.494 e. The van der Waals surface area contributed by atoms with Crippen molar-refractivity contribution in [1.29, 1.82) is 0 Å². The van der Waals surface area contributed by atoms with Gasteiger partial charge in [-0.3, -0.25) is 14.5 Å². The van der Waals surface area contributed by atoms with Crippen LogP contribution in [0.4, 0.5) is 5.69 Å². The lowest BCUT2D eigenvalue weighted by Gasteiger charge is -2.19. The summed E-state index contributed by atoms with van der Waals surface area (Å²) in [7, 11) is 1.29. The van der Waals surface area contributed by atoms with E-state index >= 15 is 0 Å². The van der Waals surface area contributed by atoms with Crippen molar-refractivity contribution in [2.45, 2.75) is 13.8 Å². The summed E-state index contributed by atoms with van der Waals surface area (Å²) in [6.07, 6.45) is 1.58. The molecule has 1 fully saturated rings. The van der Waals surface area contributed by atoms with Gasteiger partial charge in [0.1, 0.15) is 29.5 Å². The van der Waals surface area contributed by atoms with Crippen molar-refractivity contribution in [3.63, 3.8) is 0 Å². The van der Waals surface area contributed by atoms with Crippen LogP contribution in [0, 0.1) is 6.92 Å². The summed E-state index contributed by atoms with van der Waals surface area (Å²) < 4.78 is 17.3. The van der Waals surface area contributed by atoms with Crippen molar-refractivity contribution < 1.29 is 23.5 Å². The first-order chi connectivity index (χ1) is 16.8. The number of furan rings is 1. The van der Waals surface area contributed by atoms with Crippen LogP contribution in [-0.4, -0.2) is 42.2 Å². The lowest BCUT2D eigenvalue weighted by atomic mass is 10.1. The molecule has 1 amide bonds. The molecule has 180 valence electrons. The normalized spacial score (nSPS) is 14.7. The van der Waals surface area contributed by atoms with Crippen LogP contribution in [0.1, 0.15) is 18.2 Å². The van der Waals surface area contributed by atoms with Crippen molar-refractivity contribution in [2.75, 3.05) is 25.2 Å². The number of thiocarbonyl (C=S) groups is 1. The second-order valence-electron chi connectivity index (χ2n) is 7.71. The van der Waals surface area contributed by atoms with Gasteiger partial charge in [0.25, 0.3) is 5.91 Å². The highest BCUT2D eigenvalue weighted by molar-refractivity contribution is 9.10. The second-order valence-corrected chi connectivity index (χ2v) is 8.93. The number of amides is 1. The smallest absolute Gasteiger partial charge is 0.325 e. The van der Waals surface area contributed by atoms with Crippen LogP contribution in [0.5, 0.6) is 5.75 Å². The van der Waals surface area contributed by atoms with E-state index < -0.39 is 5.97 Å². The SMILES string of the molecule is CCOc1ccc(N2C(=O)/C(=C/c3ccc(-c4ccc(Br)c(C)c4)o3)N(CC(=O)OC)C2=S)cc1. The monoisotopic (exact) mass is 554 g/mol. The number of halogens is 1. The van der Waals surface area contributed by atoms with E-state index in [1.54, 1.807) is 36.4 Å². The van der Waals surface area contributed by atoms with Crippen molar-refractivity contribution in [3.8, 4) is 17.1 Å². The Labute approximate surface area is 217 Å². The zero-order valence-corrected chi connectivity index (χ0v) is 21.8. The Hall–Kier alpha value is -3.43. The Kier molecular flexibility index (Phi) is 7.37. The minimum absolute atomic E-state index is 0.172. The highest BCUT2D eigenvalue weighted by Gasteiger charge is 2.40. The summed E-state index contributed by atoms with van der Waals surface area (Å²) in [6, 6.07) is 16.5. The molecule has 0 aliphatic carbocycles. The van der Waals surface area contributed by atoms with Crippen LogP contribution in [0.15, 0.2) is 69.2 Å². The number of aryl methyl sites for hydroxylation is 1. The number of hydrogen-bond acceptors (Lipinski definition) is 6. The van der Waals surface area contributed by atoms with E-state index in [0.29, 0.717) is 29.6 Å². The molecule has 2 aromatic carbocycles. The van der Waals surface area contributed by atoms with Gasteiger partial charge in [0.15, 0.2) is 5.11 Å².